The fourth-order valence-corrected chi connectivity index (χ4v) is 1.12. The van der Waals surface area contributed by atoms with Crippen molar-refractivity contribution in [2.75, 3.05) is 7.05 Å². The van der Waals surface area contributed by atoms with E-state index in [1.54, 1.807) is 7.05 Å². The van der Waals surface area contributed by atoms with Gasteiger partial charge in [0.1, 0.15) is 0 Å². The molecule has 0 fully saturated rings. The van der Waals surface area contributed by atoms with E-state index in [-0.39, 0.29) is 0 Å². The second-order valence-electron chi connectivity index (χ2n) is 2.53. The van der Waals surface area contributed by atoms with Crippen LogP contribution in [-0.4, -0.2) is 13.3 Å². The standard InChI is InChI=1S/C10H14N2/c1-3-9-6-4-5-7-10(9)8-12-11-2/h4-8,11H,3H2,1-2H3/b12-8+. The molecule has 64 valence electrons. The number of aryl methyl sites for hydroxylation is 1. The Kier molecular flexibility index (Phi) is 3.33. The summed E-state index contributed by atoms with van der Waals surface area (Å²) >= 11 is 0. The van der Waals surface area contributed by atoms with Gasteiger partial charge in [-0.3, -0.25) is 0 Å². The number of rotatable bonds is 3. The molecule has 0 saturated carbocycles. The average Bonchev–Trinajstić information content (AvgIpc) is 2.15. The van der Waals surface area contributed by atoms with E-state index < -0.39 is 0 Å². The molecule has 0 saturated heterocycles. The number of hydrogen-bond acceptors (Lipinski definition) is 2. The summed E-state index contributed by atoms with van der Waals surface area (Å²) in [6.07, 6.45) is 2.89. The van der Waals surface area contributed by atoms with Crippen LogP contribution in [0, 0.1) is 0 Å². The lowest BCUT2D eigenvalue weighted by Gasteiger charge is -2.00. The molecule has 0 aliphatic heterocycles. The average molecular weight is 162 g/mol. The molecule has 0 bridgehead atoms. The van der Waals surface area contributed by atoms with Crippen molar-refractivity contribution in [1.29, 1.82) is 0 Å². The number of benzene rings is 1. The van der Waals surface area contributed by atoms with Gasteiger partial charge in [0.05, 0.1) is 6.21 Å². The van der Waals surface area contributed by atoms with Gasteiger partial charge < -0.3 is 5.43 Å². The zero-order valence-electron chi connectivity index (χ0n) is 7.54. The van der Waals surface area contributed by atoms with Crippen LogP contribution < -0.4 is 5.43 Å². The smallest absolute Gasteiger partial charge is 0.0543 e. The molecule has 0 unspecified atom stereocenters. The Morgan fingerprint density at radius 2 is 2.17 bits per heavy atom. The van der Waals surface area contributed by atoms with Crippen LogP contribution in [-0.2, 0) is 6.42 Å². The Balaban J connectivity index is 2.89. The maximum absolute atomic E-state index is 3.98. The van der Waals surface area contributed by atoms with E-state index >= 15 is 0 Å². The van der Waals surface area contributed by atoms with Crippen molar-refractivity contribution in [3.63, 3.8) is 0 Å². The highest BCUT2D eigenvalue weighted by Crippen LogP contribution is 2.06. The van der Waals surface area contributed by atoms with E-state index in [1.807, 2.05) is 12.3 Å². The minimum atomic E-state index is 1.05. The van der Waals surface area contributed by atoms with Gasteiger partial charge in [-0.05, 0) is 17.5 Å². The third-order valence-electron chi connectivity index (χ3n) is 1.77. The molecule has 2 nitrogen and oxygen atoms in total. The van der Waals surface area contributed by atoms with Crippen molar-refractivity contribution in [2.45, 2.75) is 13.3 Å². The van der Waals surface area contributed by atoms with Gasteiger partial charge in [0, 0.05) is 7.05 Å². The summed E-state index contributed by atoms with van der Waals surface area (Å²) in [5, 5.41) is 3.98. The monoisotopic (exact) mass is 162 g/mol. The number of nitrogens with one attached hydrogen (secondary N) is 1. The second-order valence-corrected chi connectivity index (χ2v) is 2.53. The van der Waals surface area contributed by atoms with Crippen LogP contribution in [0.5, 0.6) is 0 Å². The Labute approximate surface area is 73.3 Å². The van der Waals surface area contributed by atoms with Crippen LogP contribution in [0.25, 0.3) is 0 Å². The molecule has 12 heavy (non-hydrogen) atoms. The van der Waals surface area contributed by atoms with Crippen molar-refractivity contribution in [1.82, 2.24) is 5.43 Å². The number of hydrogen-bond donors (Lipinski definition) is 1. The van der Waals surface area contributed by atoms with Crippen LogP contribution in [0.1, 0.15) is 18.1 Å². The minimum absolute atomic E-state index is 1.05. The van der Waals surface area contributed by atoms with Gasteiger partial charge in [0.25, 0.3) is 0 Å². The summed E-state index contributed by atoms with van der Waals surface area (Å²) in [7, 11) is 1.80. The van der Waals surface area contributed by atoms with E-state index in [0.29, 0.717) is 0 Å². The molecule has 0 radical (unpaired) electrons. The molecule has 0 amide bonds. The first-order chi connectivity index (χ1) is 5.88. The Bertz CT molecular complexity index is 266. The molecule has 1 N–H and O–H groups in total. The summed E-state index contributed by atoms with van der Waals surface area (Å²) in [5.41, 5.74) is 5.26. The van der Waals surface area contributed by atoms with Crippen molar-refractivity contribution < 1.29 is 0 Å². The molecule has 0 heterocycles. The molecule has 0 aromatic heterocycles. The van der Waals surface area contributed by atoms with E-state index in [1.165, 1.54) is 11.1 Å². The van der Waals surface area contributed by atoms with Crippen LogP contribution in [0.4, 0.5) is 0 Å². The van der Waals surface area contributed by atoms with Gasteiger partial charge in [0.15, 0.2) is 0 Å². The molecule has 0 aliphatic rings. The van der Waals surface area contributed by atoms with Gasteiger partial charge >= 0.3 is 0 Å². The van der Waals surface area contributed by atoms with Crippen LogP contribution in [0.15, 0.2) is 29.4 Å². The Morgan fingerprint density at radius 1 is 1.42 bits per heavy atom. The lowest BCUT2D eigenvalue weighted by atomic mass is 10.1. The van der Waals surface area contributed by atoms with E-state index in [2.05, 4.69) is 35.7 Å². The maximum Gasteiger partial charge on any atom is 0.0543 e. The lowest BCUT2D eigenvalue weighted by Crippen LogP contribution is -1.97. The Morgan fingerprint density at radius 3 is 2.83 bits per heavy atom. The van der Waals surface area contributed by atoms with Gasteiger partial charge in [0.2, 0.25) is 0 Å². The van der Waals surface area contributed by atoms with Crippen molar-refractivity contribution in [2.24, 2.45) is 5.10 Å². The highest BCUT2D eigenvalue weighted by atomic mass is 15.3. The summed E-state index contributed by atoms with van der Waals surface area (Å²) in [5.74, 6) is 0. The Hall–Kier alpha value is -1.31. The van der Waals surface area contributed by atoms with Crippen molar-refractivity contribution in [3.05, 3.63) is 35.4 Å². The number of hydrazone groups is 1. The predicted octanol–water partition coefficient (Wildman–Crippen LogP) is 1.80. The van der Waals surface area contributed by atoms with Crippen LogP contribution in [0.2, 0.25) is 0 Å². The van der Waals surface area contributed by atoms with Crippen molar-refractivity contribution in [3.8, 4) is 0 Å². The molecule has 1 aromatic carbocycles. The molecule has 1 aromatic rings. The van der Waals surface area contributed by atoms with E-state index in [4.69, 9.17) is 0 Å². The van der Waals surface area contributed by atoms with E-state index in [0.717, 1.165) is 6.42 Å². The van der Waals surface area contributed by atoms with Gasteiger partial charge in [-0.15, -0.1) is 0 Å². The first kappa shape index (κ1) is 8.78. The van der Waals surface area contributed by atoms with Crippen LogP contribution >= 0.6 is 0 Å². The summed E-state index contributed by atoms with van der Waals surface area (Å²) < 4.78 is 0. The zero-order chi connectivity index (χ0) is 8.81. The highest BCUT2D eigenvalue weighted by molar-refractivity contribution is 5.81. The summed E-state index contributed by atoms with van der Waals surface area (Å²) in [6, 6.07) is 8.27. The quantitative estimate of drug-likeness (QED) is 0.532. The molecule has 1 rings (SSSR count). The first-order valence-corrected chi connectivity index (χ1v) is 4.16. The SMILES string of the molecule is CCc1ccccc1/C=N/NC. The summed E-state index contributed by atoms with van der Waals surface area (Å²) in [4.78, 5) is 0. The molecular formula is C10H14N2. The third-order valence-corrected chi connectivity index (χ3v) is 1.77. The summed E-state index contributed by atoms with van der Waals surface area (Å²) in [6.45, 7) is 2.14. The fourth-order valence-electron chi connectivity index (χ4n) is 1.12. The second kappa shape index (κ2) is 4.54. The highest BCUT2D eigenvalue weighted by Gasteiger charge is 1.94. The predicted molar refractivity (Wildman–Crippen MR) is 52.5 cm³/mol. The zero-order valence-corrected chi connectivity index (χ0v) is 7.54. The normalized spacial score (nSPS) is 10.5. The molecule has 0 aliphatic carbocycles. The fraction of sp³-hybridized carbons (Fsp3) is 0.300. The molecule has 0 atom stereocenters. The van der Waals surface area contributed by atoms with Gasteiger partial charge in [-0.25, -0.2) is 0 Å². The topological polar surface area (TPSA) is 24.4 Å². The van der Waals surface area contributed by atoms with Crippen molar-refractivity contribution >= 4 is 6.21 Å². The first-order valence-electron chi connectivity index (χ1n) is 4.16. The lowest BCUT2D eigenvalue weighted by molar-refractivity contribution is 0.907. The largest absolute Gasteiger partial charge is 0.313 e. The molecule has 2 heteroatoms. The van der Waals surface area contributed by atoms with Gasteiger partial charge in [-0.1, -0.05) is 31.2 Å². The molecular weight excluding hydrogens is 148 g/mol. The maximum atomic E-state index is 3.98. The van der Waals surface area contributed by atoms with Crippen LogP contribution in [0.3, 0.4) is 0 Å². The minimum Gasteiger partial charge on any atom is -0.313 e. The van der Waals surface area contributed by atoms with Gasteiger partial charge in [-0.2, -0.15) is 5.10 Å². The van der Waals surface area contributed by atoms with E-state index in [9.17, 15) is 0 Å². The number of nitrogens with zero attached hydrogens (tertiary/aromatic N) is 1. The third kappa shape index (κ3) is 2.09. The molecule has 0 spiro atoms.